The molecule has 102 valence electrons. The van der Waals surface area contributed by atoms with Crippen molar-refractivity contribution in [3.05, 3.63) is 46.5 Å². The molecule has 0 fully saturated rings. The first kappa shape index (κ1) is 13.7. The highest BCUT2D eigenvalue weighted by atomic mass is 32.2. The molecular formula is C12H14N2O4S. The lowest BCUT2D eigenvalue weighted by molar-refractivity contribution is -0.384. The first-order valence-corrected chi connectivity index (χ1v) is 7.41. The summed E-state index contributed by atoms with van der Waals surface area (Å²) in [5.41, 5.74) is -0.128. The molecule has 2 rings (SSSR count). The second-order valence-corrected chi connectivity index (χ2v) is 6.05. The van der Waals surface area contributed by atoms with E-state index >= 15 is 0 Å². The van der Waals surface area contributed by atoms with E-state index in [0.717, 1.165) is 19.3 Å². The molecular weight excluding hydrogens is 268 g/mol. The zero-order valence-corrected chi connectivity index (χ0v) is 11.0. The lowest BCUT2D eigenvalue weighted by Gasteiger charge is -2.17. The molecule has 1 aliphatic carbocycles. The fraction of sp³-hybridized carbons (Fsp3) is 0.333. The van der Waals surface area contributed by atoms with Crippen molar-refractivity contribution in [3.8, 4) is 0 Å². The van der Waals surface area contributed by atoms with E-state index in [2.05, 4.69) is 4.72 Å². The molecule has 0 aromatic heterocycles. The summed E-state index contributed by atoms with van der Waals surface area (Å²) >= 11 is 0. The number of sulfonamides is 1. The molecule has 1 aliphatic rings. The number of nitrogens with one attached hydrogen (secondary N) is 1. The van der Waals surface area contributed by atoms with E-state index in [1.165, 1.54) is 24.3 Å². The zero-order chi connectivity index (χ0) is 13.9. The number of hydrogen-bond donors (Lipinski definition) is 1. The van der Waals surface area contributed by atoms with Gasteiger partial charge in [-0.3, -0.25) is 10.1 Å². The molecule has 6 nitrogen and oxygen atoms in total. The molecule has 0 heterocycles. The Hall–Kier alpha value is -1.73. The van der Waals surface area contributed by atoms with Crippen molar-refractivity contribution in [3.63, 3.8) is 0 Å². The smallest absolute Gasteiger partial charge is 0.258 e. The number of allylic oxidation sites excluding steroid dienone is 1. The first-order chi connectivity index (χ1) is 8.99. The van der Waals surface area contributed by atoms with Crippen LogP contribution in [0.2, 0.25) is 0 Å². The van der Waals surface area contributed by atoms with Crippen molar-refractivity contribution in [2.24, 2.45) is 0 Å². The van der Waals surface area contributed by atoms with Gasteiger partial charge in [-0.2, -0.15) is 0 Å². The highest BCUT2D eigenvalue weighted by Crippen LogP contribution is 2.18. The summed E-state index contributed by atoms with van der Waals surface area (Å²) in [6.45, 7) is 0. The fourth-order valence-electron chi connectivity index (χ4n) is 1.92. The van der Waals surface area contributed by atoms with Crippen molar-refractivity contribution in [2.45, 2.75) is 30.2 Å². The van der Waals surface area contributed by atoms with Gasteiger partial charge in [0.15, 0.2) is 0 Å². The van der Waals surface area contributed by atoms with Crippen molar-refractivity contribution in [1.29, 1.82) is 0 Å². The van der Waals surface area contributed by atoms with Crippen LogP contribution in [0.1, 0.15) is 19.3 Å². The third-order valence-electron chi connectivity index (χ3n) is 2.92. The molecule has 0 saturated carbocycles. The minimum Gasteiger partial charge on any atom is -0.258 e. The Labute approximate surface area is 111 Å². The van der Waals surface area contributed by atoms with Crippen LogP contribution in [0.5, 0.6) is 0 Å². The van der Waals surface area contributed by atoms with Crippen LogP contribution >= 0.6 is 0 Å². The van der Waals surface area contributed by atoms with Crippen LogP contribution < -0.4 is 4.72 Å². The second-order valence-electron chi connectivity index (χ2n) is 4.34. The molecule has 0 bridgehead atoms. The van der Waals surface area contributed by atoms with Crippen LogP contribution in [0.15, 0.2) is 41.3 Å². The van der Waals surface area contributed by atoms with Crippen LogP contribution in [0.3, 0.4) is 0 Å². The van der Waals surface area contributed by atoms with E-state index in [1.54, 1.807) is 0 Å². The number of non-ortho nitro benzene ring substituents is 1. The molecule has 1 N–H and O–H groups in total. The van der Waals surface area contributed by atoms with Crippen molar-refractivity contribution in [2.75, 3.05) is 0 Å². The van der Waals surface area contributed by atoms with Gasteiger partial charge in [-0.05, 0) is 31.4 Å². The number of nitro benzene ring substituents is 1. The topological polar surface area (TPSA) is 89.3 Å². The van der Waals surface area contributed by atoms with Crippen LogP contribution in [-0.4, -0.2) is 19.4 Å². The second kappa shape index (κ2) is 5.50. The lowest BCUT2D eigenvalue weighted by Crippen LogP contribution is -2.34. The number of nitro groups is 1. The van der Waals surface area contributed by atoms with Gasteiger partial charge in [0, 0.05) is 18.2 Å². The largest absolute Gasteiger partial charge is 0.269 e. The summed E-state index contributed by atoms with van der Waals surface area (Å²) in [4.78, 5) is 9.99. The highest BCUT2D eigenvalue weighted by Gasteiger charge is 2.20. The highest BCUT2D eigenvalue weighted by molar-refractivity contribution is 7.89. The van der Waals surface area contributed by atoms with Crippen LogP contribution in [-0.2, 0) is 10.0 Å². The molecule has 7 heteroatoms. The third kappa shape index (κ3) is 3.39. The molecule has 0 aliphatic heterocycles. The Bertz CT molecular complexity index is 593. The minimum absolute atomic E-state index is 0.0390. The Balaban J connectivity index is 2.16. The summed E-state index contributed by atoms with van der Waals surface area (Å²) in [6.07, 6.45) is 6.47. The maximum Gasteiger partial charge on any atom is 0.269 e. The Morgan fingerprint density at radius 3 is 2.47 bits per heavy atom. The Kier molecular flexibility index (Phi) is 3.96. The van der Waals surface area contributed by atoms with E-state index in [-0.39, 0.29) is 16.6 Å². The molecule has 0 spiro atoms. The van der Waals surface area contributed by atoms with E-state index in [9.17, 15) is 18.5 Å². The monoisotopic (exact) mass is 282 g/mol. The predicted octanol–water partition coefficient (Wildman–Crippen LogP) is 1.98. The van der Waals surface area contributed by atoms with E-state index in [1.807, 2.05) is 12.2 Å². The summed E-state index contributed by atoms with van der Waals surface area (Å²) in [7, 11) is -3.63. The third-order valence-corrected chi connectivity index (χ3v) is 4.42. The molecule has 19 heavy (non-hydrogen) atoms. The van der Waals surface area contributed by atoms with Gasteiger partial charge < -0.3 is 0 Å². The molecule has 1 aromatic rings. The first-order valence-electron chi connectivity index (χ1n) is 5.92. The van der Waals surface area contributed by atoms with Gasteiger partial charge in [-0.15, -0.1) is 0 Å². The molecule has 1 aromatic carbocycles. The van der Waals surface area contributed by atoms with E-state index < -0.39 is 14.9 Å². The van der Waals surface area contributed by atoms with Crippen LogP contribution in [0, 0.1) is 10.1 Å². The molecule has 0 saturated heterocycles. The van der Waals surface area contributed by atoms with Crippen molar-refractivity contribution in [1.82, 2.24) is 4.72 Å². The SMILES string of the molecule is O=[N+]([O-])c1ccc(S(=O)(=O)NC2C=CCCC2)cc1. The van der Waals surface area contributed by atoms with Crippen molar-refractivity contribution < 1.29 is 13.3 Å². The quantitative estimate of drug-likeness (QED) is 0.519. The van der Waals surface area contributed by atoms with E-state index in [0.29, 0.717) is 0 Å². The maximum atomic E-state index is 12.1. The van der Waals surface area contributed by atoms with Gasteiger partial charge >= 0.3 is 0 Å². The van der Waals surface area contributed by atoms with Gasteiger partial charge in [0.2, 0.25) is 10.0 Å². The zero-order valence-electron chi connectivity index (χ0n) is 10.2. The average Bonchev–Trinajstić information content (AvgIpc) is 2.39. The normalized spacial score (nSPS) is 19.3. The Morgan fingerprint density at radius 1 is 1.26 bits per heavy atom. The molecule has 1 unspecified atom stereocenters. The fourth-order valence-corrected chi connectivity index (χ4v) is 3.15. The summed E-state index contributed by atoms with van der Waals surface area (Å²) in [5.74, 6) is 0. The van der Waals surface area contributed by atoms with Gasteiger partial charge in [0.25, 0.3) is 5.69 Å². The number of hydrogen-bond acceptors (Lipinski definition) is 4. The van der Waals surface area contributed by atoms with Gasteiger partial charge in [-0.1, -0.05) is 12.2 Å². The molecule has 0 radical (unpaired) electrons. The maximum absolute atomic E-state index is 12.1. The predicted molar refractivity (Wildman–Crippen MR) is 70.2 cm³/mol. The van der Waals surface area contributed by atoms with Crippen molar-refractivity contribution >= 4 is 15.7 Å². The summed E-state index contributed by atoms with van der Waals surface area (Å²) < 4.78 is 26.7. The minimum atomic E-state index is -3.63. The number of benzene rings is 1. The van der Waals surface area contributed by atoms with Crippen LogP contribution in [0.25, 0.3) is 0 Å². The Morgan fingerprint density at radius 2 is 1.95 bits per heavy atom. The van der Waals surface area contributed by atoms with Crippen LogP contribution in [0.4, 0.5) is 5.69 Å². The lowest BCUT2D eigenvalue weighted by atomic mass is 10.0. The molecule has 1 atom stereocenters. The van der Waals surface area contributed by atoms with Gasteiger partial charge in [-0.25, -0.2) is 13.1 Å². The average molecular weight is 282 g/mol. The standard InChI is InChI=1S/C12H14N2O4S/c15-14(16)11-6-8-12(9-7-11)19(17,18)13-10-4-2-1-3-5-10/h2,4,6-10,13H,1,3,5H2. The van der Waals surface area contributed by atoms with Gasteiger partial charge in [0.1, 0.15) is 0 Å². The summed E-state index contributed by atoms with van der Waals surface area (Å²) in [6, 6.07) is 4.66. The van der Waals surface area contributed by atoms with Gasteiger partial charge in [0.05, 0.1) is 9.82 Å². The number of nitrogens with zero attached hydrogens (tertiary/aromatic N) is 1. The van der Waals surface area contributed by atoms with E-state index in [4.69, 9.17) is 0 Å². The summed E-state index contributed by atoms with van der Waals surface area (Å²) in [5, 5.41) is 10.5. The number of rotatable bonds is 4. The molecule has 0 amide bonds.